The van der Waals surface area contributed by atoms with Crippen molar-refractivity contribution in [3.63, 3.8) is 0 Å². The molecule has 1 aromatic carbocycles. The van der Waals surface area contributed by atoms with Gasteiger partial charge in [0.25, 0.3) is 0 Å². The molecule has 0 aliphatic carbocycles. The van der Waals surface area contributed by atoms with Crippen LogP contribution in [0.25, 0.3) is 0 Å². The van der Waals surface area contributed by atoms with Gasteiger partial charge in [-0.2, -0.15) is 0 Å². The number of ketones is 1. The van der Waals surface area contributed by atoms with Gasteiger partial charge in [-0.3, -0.25) is 4.79 Å². The van der Waals surface area contributed by atoms with Gasteiger partial charge in [-0.15, -0.1) is 0 Å². The minimum absolute atomic E-state index is 0.0540. The largest absolute Gasteiger partial charge is 0.496 e. The number of carbonyl (C=O) groups is 1. The van der Waals surface area contributed by atoms with Crippen LogP contribution in [-0.2, 0) is 9.84 Å². The molecule has 0 fully saturated rings. The minimum atomic E-state index is -3.40. The van der Waals surface area contributed by atoms with Gasteiger partial charge < -0.3 is 4.74 Å². The van der Waals surface area contributed by atoms with Crippen molar-refractivity contribution in [2.75, 3.05) is 13.4 Å². The van der Waals surface area contributed by atoms with Gasteiger partial charge in [0.2, 0.25) is 0 Å². The van der Waals surface area contributed by atoms with Gasteiger partial charge in [0, 0.05) is 11.8 Å². The third kappa shape index (κ3) is 2.41. The van der Waals surface area contributed by atoms with E-state index in [0.717, 1.165) is 6.26 Å². The summed E-state index contributed by atoms with van der Waals surface area (Å²) in [6, 6.07) is 2.93. The first kappa shape index (κ1) is 12.7. The Morgan fingerprint density at radius 2 is 1.88 bits per heavy atom. The van der Waals surface area contributed by atoms with E-state index in [-0.39, 0.29) is 16.2 Å². The van der Waals surface area contributed by atoms with Gasteiger partial charge >= 0.3 is 0 Å². The van der Waals surface area contributed by atoms with E-state index in [1.807, 2.05) is 0 Å². The first-order chi connectivity index (χ1) is 7.27. The number of methoxy groups -OCH3 is 1. The molecule has 0 amide bonds. The van der Waals surface area contributed by atoms with Crippen molar-refractivity contribution in [1.82, 2.24) is 0 Å². The highest BCUT2D eigenvalue weighted by Crippen LogP contribution is 2.26. The van der Waals surface area contributed by atoms with Crippen molar-refractivity contribution >= 4 is 15.6 Å². The van der Waals surface area contributed by atoms with Crippen LogP contribution in [0.4, 0.5) is 0 Å². The lowest BCUT2D eigenvalue weighted by Crippen LogP contribution is -2.07. The Balaban J connectivity index is 3.62. The Kier molecular flexibility index (Phi) is 3.38. The molecule has 0 aliphatic rings. The first-order valence-corrected chi connectivity index (χ1v) is 6.56. The zero-order chi connectivity index (χ0) is 12.5. The summed E-state index contributed by atoms with van der Waals surface area (Å²) >= 11 is 0. The number of aryl methyl sites for hydroxylation is 1. The van der Waals surface area contributed by atoms with E-state index in [1.54, 1.807) is 6.92 Å². The number of hydrogen-bond acceptors (Lipinski definition) is 4. The molecule has 0 saturated heterocycles. The SMILES string of the molecule is COc1cc(C(C)=O)c(S(C)(=O)=O)cc1C. The van der Waals surface area contributed by atoms with Crippen LogP contribution in [0, 0.1) is 6.92 Å². The van der Waals surface area contributed by atoms with Gasteiger partial charge in [0.15, 0.2) is 15.6 Å². The number of hydrogen-bond donors (Lipinski definition) is 0. The van der Waals surface area contributed by atoms with Crippen molar-refractivity contribution < 1.29 is 17.9 Å². The Labute approximate surface area is 95.2 Å². The Morgan fingerprint density at radius 1 is 1.31 bits per heavy atom. The van der Waals surface area contributed by atoms with Crippen LogP contribution >= 0.6 is 0 Å². The molecule has 0 N–H and O–H groups in total. The van der Waals surface area contributed by atoms with Crippen LogP contribution in [-0.4, -0.2) is 27.6 Å². The van der Waals surface area contributed by atoms with Gasteiger partial charge in [-0.25, -0.2) is 8.42 Å². The van der Waals surface area contributed by atoms with E-state index in [2.05, 4.69) is 0 Å². The third-order valence-electron chi connectivity index (χ3n) is 2.28. The lowest BCUT2D eigenvalue weighted by atomic mass is 10.1. The fraction of sp³-hybridized carbons (Fsp3) is 0.364. The fourth-order valence-corrected chi connectivity index (χ4v) is 2.46. The second kappa shape index (κ2) is 4.25. The molecular formula is C11H14O4S. The number of benzene rings is 1. The van der Waals surface area contributed by atoms with Crippen molar-refractivity contribution in [3.8, 4) is 5.75 Å². The molecule has 0 unspecified atom stereocenters. The standard InChI is InChI=1S/C11H14O4S/c1-7-5-11(16(4,13)14)9(8(2)12)6-10(7)15-3/h5-6H,1-4H3. The molecule has 16 heavy (non-hydrogen) atoms. The van der Waals surface area contributed by atoms with E-state index < -0.39 is 9.84 Å². The molecule has 0 aliphatic heterocycles. The molecular weight excluding hydrogens is 228 g/mol. The number of carbonyl (C=O) groups excluding carboxylic acids is 1. The van der Waals surface area contributed by atoms with Gasteiger partial charge in [0.05, 0.1) is 12.0 Å². The summed E-state index contributed by atoms with van der Waals surface area (Å²) in [5.74, 6) is 0.219. The summed E-state index contributed by atoms with van der Waals surface area (Å²) in [5.41, 5.74) is 0.859. The monoisotopic (exact) mass is 242 g/mol. The summed E-state index contributed by atoms with van der Waals surface area (Å²) in [6.45, 7) is 3.07. The second-order valence-corrected chi connectivity index (χ2v) is 5.63. The summed E-state index contributed by atoms with van der Waals surface area (Å²) in [7, 11) is -1.92. The highest BCUT2D eigenvalue weighted by Gasteiger charge is 2.18. The van der Waals surface area contributed by atoms with Gasteiger partial charge in [-0.05, 0) is 31.5 Å². The van der Waals surface area contributed by atoms with Crippen LogP contribution in [0.2, 0.25) is 0 Å². The molecule has 0 atom stereocenters. The van der Waals surface area contributed by atoms with Crippen molar-refractivity contribution in [2.24, 2.45) is 0 Å². The number of Topliss-reactive ketones (excluding diaryl/α,β-unsaturated/α-hetero) is 1. The quantitative estimate of drug-likeness (QED) is 0.755. The summed E-state index contributed by atoms with van der Waals surface area (Å²) < 4.78 is 28.1. The molecule has 0 spiro atoms. The van der Waals surface area contributed by atoms with Crippen molar-refractivity contribution in [1.29, 1.82) is 0 Å². The zero-order valence-corrected chi connectivity index (χ0v) is 10.5. The van der Waals surface area contributed by atoms with Crippen LogP contribution in [0.15, 0.2) is 17.0 Å². The van der Waals surface area contributed by atoms with Gasteiger partial charge in [-0.1, -0.05) is 0 Å². The molecule has 5 heteroatoms. The normalized spacial score (nSPS) is 11.2. The number of sulfone groups is 1. The summed E-state index contributed by atoms with van der Waals surface area (Å²) in [6.07, 6.45) is 1.08. The lowest BCUT2D eigenvalue weighted by Gasteiger charge is -2.10. The highest BCUT2D eigenvalue weighted by atomic mass is 32.2. The van der Waals surface area contributed by atoms with Crippen molar-refractivity contribution in [2.45, 2.75) is 18.7 Å². The highest BCUT2D eigenvalue weighted by molar-refractivity contribution is 7.90. The van der Waals surface area contributed by atoms with E-state index in [0.29, 0.717) is 11.3 Å². The molecule has 0 saturated carbocycles. The predicted octanol–water partition coefficient (Wildman–Crippen LogP) is 1.61. The summed E-state index contributed by atoms with van der Waals surface area (Å²) in [4.78, 5) is 11.4. The Hall–Kier alpha value is -1.36. The molecule has 4 nitrogen and oxygen atoms in total. The van der Waals surface area contributed by atoms with E-state index in [9.17, 15) is 13.2 Å². The molecule has 1 rings (SSSR count). The first-order valence-electron chi connectivity index (χ1n) is 4.67. The van der Waals surface area contributed by atoms with E-state index in [1.165, 1.54) is 26.2 Å². The van der Waals surface area contributed by atoms with Gasteiger partial charge in [0.1, 0.15) is 5.75 Å². The number of ether oxygens (including phenoxy) is 1. The molecule has 88 valence electrons. The molecule has 0 radical (unpaired) electrons. The average molecular weight is 242 g/mol. The molecule has 0 bridgehead atoms. The smallest absolute Gasteiger partial charge is 0.176 e. The number of rotatable bonds is 3. The topological polar surface area (TPSA) is 60.4 Å². The predicted molar refractivity (Wildman–Crippen MR) is 60.8 cm³/mol. The average Bonchev–Trinajstić information content (AvgIpc) is 2.15. The zero-order valence-electron chi connectivity index (χ0n) is 9.70. The third-order valence-corrected chi connectivity index (χ3v) is 3.41. The lowest BCUT2D eigenvalue weighted by molar-refractivity contribution is 0.101. The molecule has 1 aromatic rings. The van der Waals surface area contributed by atoms with Crippen LogP contribution in [0.3, 0.4) is 0 Å². The Morgan fingerprint density at radius 3 is 2.25 bits per heavy atom. The maximum atomic E-state index is 11.5. The molecule has 0 aromatic heterocycles. The van der Waals surface area contributed by atoms with Crippen LogP contribution in [0.5, 0.6) is 5.75 Å². The Bertz CT molecular complexity index is 529. The van der Waals surface area contributed by atoms with Crippen LogP contribution in [0.1, 0.15) is 22.8 Å². The van der Waals surface area contributed by atoms with Crippen molar-refractivity contribution in [3.05, 3.63) is 23.3 Å². The maximum Gasteiger partial charge on any atom is 0.176 e. The fourth-order valence-electron chi connectivity index (χ4n) is 1.46. The van der Waals surface area contributed by atoms with E-state index >= 15 is 0 Å². The summed E-state index contributed by atoms with van der Waals surface area (Å²) in [5, 5.41) is 0. The van der Waals surface area contributed by atoms with E-state index in [4.69, 9.17) is 4.74 Å². The minimum Gasteiger partial charge on any atom is -0.496 e. The van der Waals surface area contributed by atoms with Crippen LogP contribution < -0.4 is 4.74 Å². The second-order valence-electron chi connectivity index (χ2n) is 3.65. The molecule has 0 heterocycles. The maximum absolute atomic E-state index is 11.5.